The normalized spacial score (nSPS) is 22.2. The predicted molar refractivity (Wildman–Crippen MR) is 67.5 cm³/mol. The molecule has 0 aromatic heterocycles. The first-order chi connectivity index (χ1) is 5.86. The van der Waals surface area contributed by atoms with Crippen LogP contribution in [0.5, 0.6) is 0 Å². The molecule has 1 aliphatic carbocycles. The average Bonchev–Trinajstić information content (AvgIpc) is 2.28. The van der Waals surface area contributed by atoms with Gasteiger partial charge >= 0.3 is 0 Å². The molecule has 0 unspecified atom stereocenters. The molecule has 0 N–H and O–H groups in total. The van der Waals surface area contributed by atoms with Crippen LogP contribution in [0.15, 0.2) is 35.5 Å². The number of likely N-dealkylation sites (N-methyl/N-ethyl adjacent to an activating group) is 1. The highest BCUT2D eigenvalue weighted by atomic mass is 127. The second-order valence-corrected chi connectivity index (χ2v) is 3.58. The highest BCUT2D eigenvalue weighted by molar-refractivity contribution is 14.0. The molecule has 0 aromatic carbocycles. The first-order valence-corrected chi connectivity index (χ1v) is 4.60. The van der Waals surface area contributed by atoms with Gasteiger partial charge in [0.1, 0.15) is 0 Å². The minimum atomic E-state index is 0. The number of hydrogen-bond donors (Lipinski definition) is 0. The lowest BCUT2D eigenvalue weighted by Gasteiger charge is -2.24. The van der Waals surface area contributed by atoms with E-state index in [4.69, 9.17) is 0 Å². The molecular weight excluding hydrogens is 273 g/mol. The lowest BCUT2D eigenvalue weighted by Crippen LogP contribution is -2.26. The van der Waals surface area contributed by atoms with Gasteiger partial charge in [-0.15, -0.1) is 24.0 Å². The largest absolute Gasteiger partial charge is 0.302 e. The molecule has 0 bridgehead atoms. The van der Waals surface area contributed by atoms with E-state index in [1.807, 2.05) is 0 Å². The Hall–Kier alpha value is -0.0900. The Balaban J connectivity index is 0.000000845. The van der Waals surface area contributed by atoms with Crippen LogP contribution in [0.2, 0.25) is 0 Å². The van der Waals surface area contributed by atoms with E-state index in [0.29, 0.717) is 0 Å². The Morgan fingerprint density at radius 3 is 2.62 bits per heavy atom. The van der Waals surface area contributed by atoms with Crippen molar-refractivity contribution in [3.63, 3.8) is 0 Å². The molecule has 1 aliphatic heterocycles. The fraction of sp³-hybridized carbons (Fsp3) is 0.455. The summed E-state index contributed by atoms with van der Waals surface area (Å²) in [5.74, 6) is 0. The van der Waals surface area contributed by atoms with E-state index in [-0.39, 0.29) is 24.0 Å². The van der Waals surface area contributed by atoms with Crippen LogP contribution >= 0.6 is 24.0 Å². The van der Waals surface area contributed by atoms with Gasteiger partial charge in [-0.1, -0.05) is 24.3 Å². The van der Waals surface area contributed by atoms with Crippen molar-refractivity contribution < 1.29 is 0 Å². The highest BCUT2D eigenvalue weighted by Gasteiger charge is 2.12. The molecule has 0 saturated carbocycles. The van der Waals surface area contributed by atoms with Crippen LogP contribution in [-0.4, -0.2) is 25.0 Å². The molecule has 0 amide bonds. The molecular formula is C11H16IN. The molecule has 2 heteroatoms. The van der Waals surface area contributed by atoms with Gasteiger partial charge in [-0.3, -0.25) is 0 Å². The SMILES string of the molecule is CN1CCC2=C(C=CCC=C2)C1.I. The molecule has 0 aromatic rings. The number of nitrogens with zero attached hydrogens (tertiary/aromatic N) is 1. The summed E-state index contributed by atoms with van der Waals surface area (Å²) in [6.07, 6.45) is 11.4. The van der Waals surface area contributed by atoms with Crippen molar-refractivity contribution in [2.24, 2.45) is 0 Å². The smallest absolute Gasteiger partial charge is 0.0233 e. The summed E-state index contributed by atoms with van der Waals surface area (Å²) in [7, 11) is 2.19. The highest BCUT2D eigenvalue weighted by Crippen LogP contribution is 2.21. The van der Waals surface area contributed by atoms with Gasteiger partial charge in [0.15, 0.2) is 0 Å². The lowest BCUT2D eigenvalue weighted by molar-refractivity contribution is 0.354. The van der Waals surface area contributed by atoms with Crippen molar-refractivity contribution in [3.8, 4) is 0 Å². The second kappa shape index (κ2) is 4.96. The summed E-state index contributed by atoms with van der Waals surface area (Å²) in [5, 5.41) is 0. The monoisotopic (exact) mass is 289 g/mol. The Bertz CT molecular complexity index is 263. The fourth-order valence-corrected chi connectivity index (χ4v) is 1.79. The van der Waals surface area contributed by atoms with E-state index in [1.165, 1.54) is 18.5 Å². The third-order valence-corrected chi connectivity index (χ3v) is 2.53. The van der Waals surface area contributed by atoms with Crippen molar-refractivity contribution in [3.05, 3.63) is 35.5 Å². The van der Waals surface area contributed by atoms with Crippen LogP contribution < -0.4 is 0 Å². The molecule has 0 fully saturated rings. The maximum Gasteiger partial charge on any atom is 0.0233 e. The minimum Gasteiger partial charge on any atom is -0.302 e. The zero-order valence-electron chi connectivity index (χ0n) is 7.99. The average molecular weight is 289 g/mol. The van der Waals surface area contributed by atoms with Gasteiger partial charge in [-0.2, -0.15) is 0 Å². The first kappa shape index (κ1) is 11.0. The van der Waals surface area contributed by atoms with Gasteiger partial charge in [0.25, 0.3) is 0 Å². The van der Waals surface area contributed by atoms with Gasteiger partial charge < -0.3 is 4.90 Å². The first-order valence-electron chi connectivity index (χ1n) is 4.60. The Labute approximate surface area is 97.2 Å². The van der Waals surface area contributed by atoms with Gasteiger partial charge in [0.05, 0.1) is 0 Å². The van der Waals surface area contributed by atoms with Gasteiger partial charge in [-0.05, 0) is 31.0 Å². The van der Waals surface area contributed by atoms with Crippen molar-refractivity contribution >= 4 is 24.0 Å². The summed E-state index contributed by atoms with van der Waals surface area (Å²) < 4.78 is 0. The molecule has 13 heavy (non-hydrogen) atoms. The molecule has 72 valence electrons. The van der Waals surface area contributed by atoms with Crippen LogP contribution in [0.4, 0.5) is 0 Å². The Kier molecular flexibility index (Phi) is 4.19. The van der Waals surface area contributed by atoms with E-state index >= 15 is 0 Å². The maximum absolute atomic E-state index is 2.38. The quantitative estimate of drug-likeness (QED) is 0.620. The van der Waals surface area contributed by atoms with Crippen LogP contribution in [0.25, 0.3) is 0 Å². The van der Waals surface area contributed by atoms with E-state index in [9.17, 15) is 0 Å². The van der Waals surface area contributed by atoms with Crippen LogP contribution in [0, 0.1) is 0 Å². The van der Waals surface area contributed by atoms with Gasteiger partial charge in [0, 0.05) is 13.1 Å². The third kappa shape index (κ3) is 2.68. The molecule has 0 atom stereocenters. The van der Waals surface area contributed by atoms with Crippen molar-refractivity contribution in [2.45, 2.75) is 12.8 Å². The number of rotatable bonds is 0. The van der Waals surface area contributed by atoms with Crippen molar-refractivity contribution in [2.75, 3.05) is 20.1 Å². The summed E-state index contributed by atoms with van der Waals surface area (Å²) in [6, 6.07) is 0. The molecule has 0 saturated heterocycles. The fourth-order valence-electron chi connectivity index (χ4n) is 1.79. The predicted octanol–water partition coefficient (Wildman–Crippen LogP) is 2.75. The van der Waals surface area contributed by atoms with Gasteiger partial charge in [-0.25, -0.2) is 0 Å². The van der Waals surface area contributed by atoms with Crippen LogP contribution in [0.3, 0.4) is 0 Å². The van der Waals surface area contributed by atoms with Crippen molar-refractivity contribution in [1.82, 2.24) is 4.90 Å². The second-order valence-electron chi connectivity index (χ2n) is 3.58. The topological polar surface area (TPSA) is 3.24 Å². The van der Waals surface area contributed by atoms with E-state index in [0.717, 1.165) is 13.0 Å². The maximum atomic E-state index is 2.38. The van der Waals surface area contributed by atoms with Crippen molar-refractivity contribution in [1.29, 1.82) is 0 Å². The number of allylic oxidation sites excluding steroid dienone is 3. The molecule has 1 nitrogen and oxygen atoms in total. The summed E-state index contributed by atoms with van der Waals surface area (Å²) in [4.78, 5) is 2.38. The molecule has 2 rings (SSSR count). The molecule has 2 aliphatic rings. The van der Waals surface area contributed by atoms with E-state index < -0.39 is 0 Å². The lowest BCUT2D eigenvalue weighted by atomic mass is 10.0. The molecule has 1 heterocycles. The summed E-state index contributed by atoms with van der Waals surface area (Å²) in [6.45, 7) is 2.33. The zero-order chi connectivity index (χ0) is 8.39. The summed E-state index contributed by atoms with van der Waals surface area (Å²) in [5.41, 5.74) is 3.05. The Morgan fingerprint density at radius 1 is 1.15 bits per heavy atom. The minimum absolute atomic E-state index is 0. The van der Waals surface area contributed by atoms with Crippen LogP contribution in [-0.2, 0) is 0 Å². The van der Waals surface area contributed by atoms with E-state index in [2.05, 4.69) is 36.3 Å². The standard InChI is InChI=1S/C11H15N.HI/c1-12-8-7-10-5-3-2-4-6-11(10)9-12;/h3-6H,2,7-9H2,1H3;1H. The van der Waals surface area contributed by atoms with Crippen LogP contribution in [0.1, 0.15) is 12.8 Å². The zero-order valence-corrected chi connectivity index (χ0v) is 10.3. The number of halogens is 1. The van der Waals surface area contributed by atoms with E-state index in [1.54, 1.807) is 5.57 Å². The third-order valence-electron chi connectivity index (χ3n) is 2.53. The Morgan fingerprint density at radius 2 is 1.85 bits per heavy atom. The summed E-state index contributed by atoms with van der Waals surface area (Å²) >= 11 is 0. The van der Waals surface area contributed by atoms with Gasteiger partial charge in [0.2, 0.25) is 0 Å². The number of hydrogen-bond acceptors (Lipinski definition) is 1. The molecule has 0 radical (unpaired) electrons. The molecule has 0 spiro atoms.